The van der Waals surface area contributed by atoms with Crippen molar-refractivity contribution in [1.82, 2.24) is 14.8 Å². The third-order valence-electron chi connectivity index (χ3n) is 5.91. The number of nitrogens with one attached hydrogen (secondary N) is 1. The fraction of sp³-hybridized carbons (Fsp3) is 0.321. The Hall–Kier alpha value is -3.67. The van der Waals surface area contributed by atoms with Gasteiger partial charge in [0.05, 0.1) is 17.8 Å². The first kappa shape index (κ1) is 23.5. The molecule has 0 saturated heterocycles. The van der Waals surface area contributed by atoms with Crippen LogP contribution in [0.3, 0.4) is 0 Å². The molecule has 6 heteroatoms. The topological polar surface area (TPSA) is 69.0 Å². The first-order valence-corrected chi connectivity index (χ1v) is 11.8. The molecule has 2 aromatic carbocycles. The van der Waals surface area contributed by atoms with Crippen molar-refractivity contribution in [3.63, 3.8) is 0 Å². The number of pyridine rings is 1. The molecule has 176 valence electrons. The third kappa shape index (κ3) is 5.28. The van der Waals surface area contributed by atoms with Crippen LogP contribution in [0, 0.1) is 27.7 Å². The molecule has 34 heavy (non-hydrogen) atoms. The molecule has 0 radical (unpaired) electrons. The van der Waals surface area contributed by atoms with Gasteiger partial charge in [-0.3, -0.25) is 4.79 Å². The fourth-order valence-electron chi connectivity index (χ4n) is 4.15. The number of hydrogen-bond donors (Lipinski definition) is 1. The summed E-state index contributed by atoms with van der Waals surface area (Å²) >= 11 is 0. The van der Waals surface area contributed by atoms with Gasteiger partial charge in [0.15, 0.2) is 5.82 Å². The van der Waals surface area contributed by atoms with E-state index in [9.17, 15) is 4.79 Å². The van der Waals surface area contributed by atoms with E-state index in [-0.39, 0.29) is 5.91 Å². The molecule has 2 aromatic heterocycles. The van der Waals surface area contributed by atoms with Gasteiger partial charge in [0.25, 0.3) is 0 Å². The molecule has 2 heterocycles. The number of fused-ring (bicyclic) bond motifs is 1. The summed E-state index contributed by atoms with van der Waals surface area (Å²) < 4.78 is 7.48. The lowest BCUT2D eigenvalue weighted by Gasteiger charge is -2.12. The van der Waals surface area contributed by atoms with E-state index in [4.69, 9.17) is 9.72 Å². The van der Waals surface area contributed by atoms with Crippen molar-refractivity contribution < 1.29 is 9.53 Å². The first-order chi connectivity index (χ1) is 16.3. The molecular formula is C28H32N4O2. The summed E-state index contributed by atoms with van der Waals surface area (Å²) in [6.45, 7) is 10.8. The number of aryl methyl sites for hydroxylation is 5. The van der Waals surface area contributed by atoms with Gasteiger partial charge in [0.2, 0.25) is 5.91 Å². The monoisotopic (exact) mass is 456 g/mol. The van der Waals surface area contributed by atoms with Gasteiger partial charge in [-0.1, -0.05) is 30.7 Å². The quantitative estimate of drug-likeness (QED) is 0.330. The Kier molecular flexibility index (Phi) is 6.96. The Morgan fingerprint density at radius 3 is 2.50 bits per heavy atom. The zero-order valence-electron chi connectivity index (χ0n) is 20.6. The molecule has 4 aromatic rings. The molecule has 4 rings (SSSR count). The van der Waals surface area contributed by atoms with E-state index in [1.54, 1.807) is 4.68 Å². The van der Waals surface area contributed by atoms with Gasteiger partial charge in [-0.2, -0.15) is 9.78 Å². The summed E-state index contributed by atoms with van der Waals surface area (Å²) in [5.41, 5.74) is 6.51. The second-order valence-corrected chi connectivity index (χ2v) is 8.86. The highest BCUT2D eigenvalue weighted by atomic mass is 16.5. The highest BCUT2D eigenvalue weighted by Gasteiger charge is 2.14. The number of rotatable bonds is 8. The zero-order chi connectivity index (χ0) is 24.2. The predicted octanol–water partition coefficient (Wildman–Crippen LogP) is 6.01. The maximum absolute atomic E-state index is 12.6. The molecule has 0 aliphatic carbocycles. The molecular weight excluding hydrogens is 424 g/mol. The van der Waals surface area contributed by atoms with Crippen LogP contribution in [0.4, 0.5) is 5.82 Å². The molecule has 0 spiro atoms. The summed E-state index contributed by atoms with van der Waals surface area (Å²) in [6, 6.07) is 16.3. The Balaban J connectivity index is 1.43. The molecule has 0 aliphatic heterocycles. The molecule has 0 unspecified atom stereocenters. The third-order valence-corrected chi connectivity index (χ3v) is 5.91. The van der Waals surface area contributed by atoms with Crippen LogP contribution in [-0.2, 0) is 11.2 Å². The van der Waals surface area contributed by atoms with Crippen LogP contribution in [0.2, 0.25) is 0 Å². The van der Waals surface area contributed by atoms with E-state index < -0.39 is 0 Å². The average molecular weight is 457 g/mol. The van der Waals surface area contributed by atoms with E-state index in [2.05, 4.69) is 62.4 Å². The smallest absolute Gasteiger partial charge is 0.225 e. The van der Waals surface area contributed by atoms with Crippen LogP contribution in [0.15, 0.2) is 48.5 Å². The van der Waals surface area contributed by atoms with E-state index in [1.807, 2.05) is 31.2 Å². The van der Waals surface area contributed by atoms with E-state index in [0.29, 0.717) is 31.1 Å². The van der Waals surface area contributed by atoms with Crippen LogP contribution >= 0.6 is 0 Å². The maximum atomic E-state index is 12.6. The lowest BCUT2D eigenvalue weighted by Crippen LogP contribution is -2.16. The van der Waals surface area contributed by atoms with Crippen LogP contribution in [0.25, 0.3) is 16.7 Å². The van der Waals surface area contributed by atoms with Gasteiger partial charge >= 0.3 is 0 Å². The van der Waals surface area contributed by atoms with Gasteiger partial charge < -0.3 is 10.1 Å². The van der Waals surface area contributed by atoms with Crippen molar-refractivity contribution in [2.45, 2.75) is 53.9 Å². The second-order valence-electron chi connectivity index (χ2n) is 8.86. The van der Waals surface area contributed by atoms with Gasteiger partial charge in [-0.25, -0.2) is 4.98 Å². The normalized spacial score (nSPS) is 11.1. The summed E-state index contributed by atoms with van der Waals surface area (Å²) in [5.74, 6) is 2.07. The number of amides is 1. The van der Waals surface area contributed by atoms with E-state index in [1.165, 1.54) is 11.1 Å². The highest BCUT2D eigenvalue weighted by molar-refractivity contribution is 5.90. The molecule has 0 bridgehead atoms. The SMILES string of the molecule is CCc1ccc(OCCCC(=O)Nc2cc(C)nn2-c2cc(C)c3cc(C)cc(C)c3n2)cc1. The standard InChI is InChI=1S/C28H32N4O2/c1-6-22-9-11-23(12-10-22)34-13-7-8-27(33)29-26-17-21(5)31-32(26)25-16-19(3)24-15-18(2)14-20(4)28(24)30-25/h9-12,14-17H,6-8,13H2,1-5H3,(H,29,33). The zero-order valence-corrected chi connectivity index (χ0v) is 20.6. The van der Waals surface area contributed by atoms with E-state index in [0.717, 1.165) is 39.9 Å². The Morgan fingerprint density at radius 1 is 1.00 bits per heavy atom. The molecule has 1 amide bonds. The summed E-state index contributed by atoms with van der Waals surface area (Å²) in [5, 5.41) is 8.73. The molecule has 1 N–H and O–H groups in total. The van der Waals surface area contributed by atoms with Gasteiger partial charge in [0.1, 0.15) is 11.6 Å². The lowest BCUT2D eigenvalue weighted by molar-refractivity contribution is -0.116. The number of carbonyl (C=O) groups excluding carboxylic acids is 1. The Morgan fingerprint density at radius 2 is 1.76 bits per heavy atom. The Labute approximate surface area is 201 Å². The molecule has 6 nitrogen and oxygen atoms in total. The van der Waals surface area contributed by atoms with E-state index >= 15 is 0 Å². The van der Waals surface area contributed by atoms with Crippen molar-refractivity contribution >= 4 is 22.6 Å². The summed E-state index contributed by atoms with van der Waals surface area (Å²) in [4.78, 5) is 17.5. The summed E-state index contributed by atoms with van der Waals surface area (Å²) in [6.07, 6.45) is 1.99. The maximum Gasteiger partial charge on any atom is 0.225 e. The number of anilines is 1. The van der Waals surface area contributed by atoms with Crippen LogP contribution in [0.5, 0.6) is 5.75 Å². The number of ether oxygens (including phenoxy) is 1. The number of carbonyl (C=O) groups is 1. The van der Waals surface area contributed by atoms with Crippen molar-refractivity contribution in [2.75, 3.05) is 11.9 Å². The number of nitrogens with zero attached hydrogens (tertiary/aromatic N) is 3. The number of hydrogen-bond acceptors (Lipinski definition) is 4. The minimum atomic E-state index is -0.0737. The van der Waals surface area contributed by atoms with Gasteiger partial charge in [-0.05, 0) is 81.5 Å². The summed E-state index contributed by atoms with van der Waals surface area (Å²) in [7, 11) is 0. The number of benzene rings is 2. The molecule has 0 atom stereocenters. The van der Waals surface area contributed by atoms with Crippen LogP contribution < -0.4 is 10.1 Å². The van der Waals surface area contributed by atoms with Crippen molar-refractivity contribution in [3.8, 4) is 11.6 Å². The number of aromatic nitrogens is 3. The minimum Gasteiger partial charge on any atom is -0.494 e. The minimum absolute atomic E-state index is 0.0737. The van der Waals surface area contributed by atoms with Crippen molar-refractivity contribution in [3.05, 3.63) is 76.5 Å². The van der Waals surface area contributed by atoms with Crippen molar-refractivity contribution in [2.24, 2.45) is 0 Å². The van der Waals surface area contributed by atoms with Crippen LogP contribution in [0.1, 0.15) is 47.7 Å². The lowest BCUT2D eigenvalue weighted by atomic mass is 10.0. The molecule has 0 fully saturated rings. The van der Waals surface area contributed by atoms with Gasteiger partial charge in [0, 0.05) is 17.9 Å². The largest absolute Gasteiger partial charge is 0.494 e. The Bertz CT molecular complexity index is 1320. The average Bonchev–Trinajstić information content (AvgIpc) is 3.17. The molecule has 0 saturated carbocycles. The first-order valence-electron chi connectivity index (χ1n) is 11.8. The predicted molar refractivity (Wildman–Crippen MR) is 137 cm³/mol. The van der Waals surface area contributed by atoms with Gasteiger partial charge in [-0.15, -0.1) is 0 Å². The highest BCUT2D eigenvalue weighted by Crippen LogP contribution is 2.26. The fourth-order valence-corrected chi connectivity index (χ4v) is 4.15. The molecule has 0 aliphatic rings. The van der Waals surface area contributed by atoms with Crippen molar-refractivity contribution in [1.29, 1.82) is 0 Å². The second kappa shape index (κ2) is 10.1. The van der Waals surface area contributed by atoms with Crippen LogP contribution in [-0.4, -0.2) is 27.3 Å².